The minimum Gasteiger partial charge on any atom is -0.480 e. The molecule has 1 unspecified atom stereocenters. The average molecular weight is 307 g/mol. The Morgan fingerprint density at radius 1 is 1.40 bits per heavy atom. The number of carboxylic acid groups (broad SMARTS) is 1. The van der Waals surface area contributed by atoms with E-state index in [1.165, 1.54) is 7.11 Å². The van der Waals surface area contributed by atoms with Gasteiger partial charge < -0.3 is 15.2 Å². The molecular formula is C11H17NO7S. The second kappa shape index (κ2) is 6.69. The van der Waals surface area contributed by atoms with Crippen molar-refractivity contribution in [3.63, 3.8) is 0 Å². The van der Waals surface area contributed by atoms with Gasteiger partial charge in [0.25, 0.3) is 0 Å². The number of esters is 1. The molecule has 8 nitrogen and oxygen atoms in total. The third-order valence-electron chi connectivity index (χ3n) is 3.08. The maximum Gasteiger partial charge on any atom is 0.326 e. The monoisotopic (exact) mass is 307 g/mol. The summed E-state index contributed by atoms with van der Waals surface area (Å²) in [5.41, 5.74) is 0. The molecule has 0 spiro atoms. The topological polar surface area (TPSA) is 127 Å². The van der Waals surface area contributed by atoms with Gasteiger partial charge >= 0.3 is 11.9 Å². The van der Waals surface area contributed by atoms with E-state index < -0.39 is 39.6 Å². The Hall–Kier alpha value is -1.64. The van der Waals surface area contributed by atoms with E-state index in [0.29, 0.717) is 0 Å². The Kier molecular flexibility index (Phi) is 5.49. The maximum absolute atomic E-state index is 11.8. The number of hydrogen-bond donors (Lipinski definition) is 2. The third-order valence-corrected chi connectivity index (χ3v) is 4.85. The molecule has 1 fully saturated rings. The molecule has 1 heterocycles. The fourth-order valence-corrected chi connectivity index (χ4v) is 3.65. The largest absolute Gasteiger partial charge is 0.480 e. The zero-order chi connectivity index (χ0) is 15.3. The van der Waals surface area contributed by atoms with E-state index in [0.717, 1.165) is 0 Å². The number of carbonyl (C=O) groups is 3. The molecule has 1 aliphatic rings. The zero-order valence-electron chi connectivity index (χ0n) is 11.0. The van der Waals surface area contributed by atoms with Gasteiger partial charge in [-0.3, -0.25) is 9.59 Å². The van der Waals surface area contributed by atoms with Crippen molar-refractivity contribution >= 4 is 27.7 Å². The number of sulfone groups is 1. The molecule has 2 atom stereocenters. The summed E-state index contributed by atoms with van der Waals surface area (Å²) in [6.07, 6.45) is -0.0541. The van der Waals surface area contributed by atoms with Crippen molar-refractivity contribution in [2.75, 3.05) is 18.6 Å². The van der Waals surface area contributed by atoms with E-state index in [1.807, 2.05) is 0 Å². The average Bonchev–Trinajstić information content (AvgIpc) is 2.73. The first kappa shape index (κ1) is 16.4. The smallest absolute Gasteiger partial charge is 0.326 e. The van der Waals surface area contributed by atoms with Crippen molar-refractivity contribution in [1.82, 2.24) is 5.32 Å². The fourth-order valence-electron chi connectivity index (χ4n) is 1.91. The van der Waals surface area contributed by atoms with Crippen LogP contribution in [0.2, 0.25) is 0 Å². The molecule has 2 N–H and O–H groups in total. The van der Waals surface area contributed by atoms with Crippen molar-refractivity contribution in [2.24, 2.45) is 5.92 Å². The number of carbonyl (C=O) groups excluding carboxylic acids is 2. The zero-order valence-corrected chi connectivity index (χ0v) is 11.8. The van der Waals surface area contributed by atoms with Crippen LogP contribution in [0.1, 0.15) is 19.3 Å². The van der Waals surface area contributed by atoms with Gasteiger partial charge in [-0.15, -0.1) is 0 Å². The summed E-state index contributed by atoms with van der Waals surface area (Å²) in [6.45, 7) is 0. The lowest BCUT2D eigenvalue weighted by Crippen LogP contribution is -2.44. The second-order valence-corrected chi connectivity index (χ2v) is 6.84. The van der Waals surface area contributed by atoms with Crippen molar-refractivity contribution in [1.29, 1.82) is 0 Å². The van der Waals surface area contributed by atoms with Crippen LogP contribution >= 0.6 is 0 Å². The van der Waals surface area contributed by atoms with Crippen molar-refractivity contribution in [2.45, 2.75) is 25.3 Å². The van der Waals surface area contributed by atoms with Gasteiger partial charge in [0.2, 0.25) is 5.91 Å². The Labute approximate surface area is 116 Å². The van der Waals surface area contributed by atoms with E-state index in [4.69, 9.17) is 5.11 Å². The molecule has 1 amide bonds. The molecule has 0 radical (unpaired) electrons. The van der Waals surface area contributed by atoms with Crippen LogP contribution in [0, 0.1) is 5.92 Å². The van der Waals surface area contributed by atoms with Gasteiger partial charge in [0.1, 0.15) is 6.04 Å². The molecule has 0 bridgehead atoms. The SMILES string of the molecule is COC(=O)CC[C@@H](NC(=O)C1CCS(=O)(=O)C1)C(=O)O. The van der Waals surface area contributed by atoms with E-state index in [9.17, 15) is 22.8 Å². The van der Waals surface area contributed by atoms with Gasteiger partial charge in [-0.1, -0.05) is 0 Å². The van der Waals surface area contributed by atoms with E-state index in [2.05, 4.69) is 10.1 Å². The standard InChI is InChI=1S/C11H17NO7S/c1-19-9(13)3-2-8(11(15)16)12-10(14)7-4-5-20(17,18)6-7/h7-8H,2-6H2,1H3,(H,12,14)(H,15,16)/t7?,8-/m1/s1. The highest BCUT2D eigenvalue weighted by Crippen LogP contribution is 2.18. The first-order chi connectivity index (χ1) is 9.25. The van der Waals surface area contributed by atoms with Crippen LogP contribution in [0.3, 0.4) is 0 Å². The van der Waals surface area contributed by atoms with Gasteiger partial charge in [-0.25, -0.2) is 13.2 Å². The van der Waals surface area contributed by atoms with Gasteiger partial charge in [0, 0.05) is 6.42 Å². The van der Waals surface area contributed by atoms with Crippen molar-refractivity contribution < 1.29 is 32.6 Å². The molecule has 114 valence electrons. The summed E-state index contributed by atoms with van der Waals surface area (Å²) in [7, 11) is -2.03. The number of hydrogen-bond acceptors (Lipinski definition) is 6. The van der Waals surface area contributed by atoms with E-state index >= 15 is 0 Å². The molecule has 0 aliphatic carbocycles. The number of amides is 1. The fraction of sp³-hybridized carbons (Fsp3) is 0.727. The summed E-state index contributed by atoms with van der Waals surface area (Å²) in [5, 5.41) is 11.2. The molecule has 9 heteroatoms. The molecule has 20 heavy (non-hydrogen) atoms. The predicted molar refractivity (Wildman–Crippen MR) is 67.6 cm³/mol. The quantitative estimate of drug-likeness (QED) is 0.599. The van der Waals surface area contributed by atoms with Gasteiger partial charge in [0.05, 0.1) is 24.5 Å². The molecule has 1 rings (SSSR count). The Morgan fingerprint density at radius 3 is 2.50 bits per heavy atom. The third kappa shape index (κ3) is 4.80. The van der Waals surface area contributed by atoms with E-state index in [-0.39, 0.29) is 30.8 Å². The Morgan fingerprint density at radius 2 is 2.05 bits per heavy atom. The molecule has 0 saturated carbocycles. The lowest BCUT2D eigenvalue weighted by Gasteiger charge is -2.16. The summed E-state index contributed by atoms with van der Waals surface area (Å²) in [4.78, 5) is 33.8. The number of ether oxygens (including phenoxy) is 1. The number of carboxylic acids is 1. The molecule has 1 saturated heterocycles. The first-order valence-electron chi connectivity index (χ1n) is 6.05. The number of methoxy groups -OCH3 is 1. The van der Waals surface area contributed by atoms with Crippen molar-refractivity contribution in [3.8, 4) is 0 Å². The molecule has 0 aromatic heterocycles. The van der Waals surface area contributed by atoms with Gasteiger partial charge in [-0.05, 0) is 12.8 Å². The van der Waals surface area contributed by atoms with E-state index in [1.54, 1.807) is 0 Å². The lowest BCUT2D eigenvalue weighted by molar-refractivity contribution is -0.144. The van der Waals surface area contributed by atoms with Crippen LogP contribution in [-0.2, 0) is 29.0 Å². The van der Waals surface area contributed by atoms with Crippen LogP contribution in [0.5, 0.6) is 0 Å². The molecule has 1 aliphatic heterocycles. The van der Waals surface area contributed by atoms with Crippen LogP contribution < -0.4 is 5.32 Å². The normalized spacial score (nSPS) is 21.9. The Balaban J connectivity index is 2.55. The van der Waals surface area contributed by atoms with Crippen LogP contribution in [-0.4, -0.2) is 56.0 Å². The molecule has 0 aromatic carbocycles. The number of aliphatic carboxylic acids is 1. The minimum atomic E-state index is -3.21. The minimum absolute atomic E-state index is 0.0645. The van der Waals surface area contributed by atoms with Crippen LogP contribution in [0.4, 0.5) is 0 Å². The summed E-state index contributed by atoms with van der Waals surface area (Å²) in [6, 6.07) is -1.23. The maximum atomic E-state index is 11.8. The Bertz CT molecular complexity index is 499. The molecule has 0 aromatic rings. The summed E-state index contributed by atoms with van der Waals surface area (Å²) >= 11 is 0. The highest BCUT2D eigenvalue weighted by atomic mass is 32.2. The highest BCUT2D eigenvalue weighted by Gasteiger charge is 2.34. The first-order valence-corrected chi connectivity index (χ1v) is 7.87. The summed E-state index contributed by atoms with van der Waals surface area (Å²) in [5.74, 6) is -3.51. The van der Waals surface area contributed by atoms with Crippen LogP contribution in [0.25, 0.3) is 0 Å². The van der Waals surface area contributed by atoms with Gasteiger partial charge in [-0.2, -0.15) is 0 Å². The van der Waals surface area contributed by atoms with Gasteiger partial charge in [0.15, 0.2) is 9.84 Å². The number of nitrogens with one attached hydrogen (secondary N) is 1. The molecular weight excluding hydrogens is 290 g/mol. The predicted octanol–water partition coefficient (Wildman–Crippen LogP) is -1.06. The van der Waals surface area contributed by atoms with Crippen molar-refractivity contribution in [3.05, 3.63) is 0 Å². The highest BCUT2D eigenvalue weighted by molar-refractivity contribution is 7.91. The second-order valence-electron chi connectivity index (χ2n) is 4.61. The summed E-state index contributed by atoms with van der Waals surface area (Å²) < 4.78 is 26.9. The van der Waals surface area contributed by atoms with Crippen LogP contribution in [0.15, 0.2) is 0 Å². The number of rotatable bonds is 6. The lowest BCUT2D eigenvalue weighted by atomic mass is 10.1.